The Hall–Kier alpha value is -2.34. The first-order chi connectivity index (χ1) is 9.17. The van der Waals surface area contributed by atoms with Crippen molar-refractivity contribution in [1.29, 1.82) is 0 Å². The zero-order valence-corrected chi connectivity index (χ0v) is 10.7. The third-order valence-corrected chi connectivity index (χ3v) is 2.51. The molecule has 0 aliphatic heterocycles. The van der Waals surface area contributed by atoms with Gasteiger partial charge in [-0.1, -0.05) is 12.1 Å². The van der Waals surface area contributed by atoms with E-state index >= 15 is 0 Å². The van der Waals surface area contributed by atoms with Crippen molar-refractivity contribution in [3.63, 3.8) is 0 Å². The van der Waals surface area contributed by atoms with Crippen LogP contribution in [0.5, 0.6) is 5.75 Å². The number of ether oxygens (including phenoxy) is 1. The van der Waals surface area contributed by atoms with Crippen molar-refractivity contribution in [1.82, 2.24) is 9.78 Å². The highest BCUT2D eigenvalue weighted by atomic mass is 16.5. The van der Waals surface area contributed by atoms with Gasteiger partial charge in [-0.15, -0.1) is 0 Å². The minimum atomic E-state index is -0.249. The van der Waals surface area contributed by atoms with Gasteiger partial charge in [-0.25, -0.2) is 0 Å². The molecule has 1 amide bonds. The van der Waals surface area contributed by atoms with Gasteiger partial charge in [-0.2, -0.15) is 5.10 Å². The summed E-state index contributed by atoms with van der Waals surface area (Å²) in [5.41, 5.74) is 6.51. The maximum atomic E-state index is 11.6. The molecular weight excluding hydrogens is 244 g/mol. The number of anilines is 1. The van der Waals surface area contributed by atoms with Gasteiger partial charge in [0.15, 0.2) is 12.4 Å². The predicted molar refractivity (Wildman–Crippen MR) is 71.7 cm³/mol. The zero-order chi connectivity index (χ0) is 13.7. The lowest BCUT2D eigenvalue weighted by atomic mass is 10.2. The van der Waals surface area contributed by atoms with Gasteiger partial charge in [0.2, 0.25) is 0 Å². The van der Waals surface area contributed by atoms with Crippen LogP contribution in [0.1, 0.15) is 5.56 Å². The van der Waals surface area contributed by atoms with E-state index in [2.05, 4.69) is 10.4 Å². The minimum absolute atomic E-state index is 0.0570. The highest BCUT2D eigenvalue weighted by Gasteiger charge is 2.05. The Kier molecular flexibility index (Phi) is 4.15. The molecule has 0 atom stereocenters. The summed E-state index contributed by atoms with van der Waals surface area (Å²) in [6.07, 6.45) is 1.75. The molecule has 3 N–H and O–H groups in total. The lowest BCUT2D eigenvalue weighted by Gasteiger charge is -2.06. The minimum Gasteiger partial charge on any atom is -0.484 e. The van der Waals surface area contributed by atoms with E-state index in [0.29, 0.717) is 18.1 Å². The molecule has 1 aromatic carbocycles. The molecule has 0 saturated heterocycles. The summed E-state index contributed by atoms with van der Waals surface area (Å²) in [6.45, 7) is 0.430. The average Bonchev–Trinajstić information content (AvgIpc) is 2.82. The molecular formula is C13H16N4O2. The molecule has 0 fully saturated rings. The fourth-order valence-electron chi connectivity index (χ4n) is 1.53. The van der Waals surface area contributed by atoms with Gasteiger partial charge in [0.05, 0.1) is 0 Å². The molecule has 0 aliphatic rings. The Bertz CT molecular complexity index is 548. The summed E-state index contributed by atoms with van der Waals surface area (Å²) >= 11 is 0. The highest BCUT2D eigenvalue weighted by Crippen LogP contribution is 2.11. The molecule has 1 aromatic heterocycles. The molecule has 19 heavy (non-hydrogen) atoms. The molecule has 100 valence electrons. The first kappa shape index (κ1) is 13.1. The van der Waals surface area contributed by atoms with Gasteiger partial charge in [0.1, 0.15) is 5.75 Å². The zero-order valence-electron chi connectivity index (χ0n) is 10.7. The van der Waals surface area contributed by atoms with Crippen molar-refractivity contribution in [2.24, 2.45) is 12.8 Å². The van der Waals surface area contributed by atoms with E-state index in [-0.39, 0.29) is 12.5 Å². The van der Waals surface area contributed by atoms with Gasteiger partial charge >= 0.3 is 0 Å². The fraction of sp³-hybridized carbons (Fsp3) is 0.231. The van der Waals surface area contributed by atoms with Crippen LogP contribution < -0.4 is 15.8 Å². The van der Waals surface area contributed by atoms with Crippen LogP contribution in [0.15, 0.2) is 36.5 Å². The molecule has 2 aromatic rings. The Morgan fingerprint density at radius 1 is 1.37 bits per heavy atom. The van der Waals surface area contributed by atoms with Crippen molar-refractivity contribution >= 4 is 11.7 Å². The Labute approximate surface area is 111 Å². The van der Waals surface area contributed by atoms with Gasteiger partial charge in [0, 0.05) is 25.9 Å². The maximum absolute atomic E-state index is 11.6. The van der Waals surface area contributed by atoms with E-state index in [0.717, 1.165) is 5.56 Å². The van der Waals surface area contributed by atoms with Crippen molar-refractivity contribution in [2.75, 3.05) is 11.9 Å². The van der Waals surface area contributed by atoms with Crippen LogP contribution in [0.3, 0.4) is 0 Å². The summed E-state index contributed by atoms with van der Waals surface area (Å²) < 4.78 is 6.97. The van der Waals surface area contributed by atoms with Gasteiger partial charge in [-0.05, 0) is 17.7 Å². The second-order valence-corrected chi connectivity index (χ2v) is 4.06. The largest absolute Gasteiger partial charge is 0.484 e. The topological polar surface area (TPSA) is 82.2 Å². The predicted octanol–water partition coefficient (Wildman–Crippen LogP) is 0.896. The summed E-state index contributed by atoms with van der Waals surface area (Å²) in [6, 6.07) is 9.03. The molecule has 0 saturated carbocycles. The first-order valence-corrected chi connectivity index (χ1v) is 5.88. The summed E-state index contributed by atoms with van der Waals surface area (Å²) in [4.78, 5) is 11.6. The SMILES string of the molecule is Cn1ccc(NC(=O)COc2ccc(CN)cc2)n1. The van der Waals surface area contributed by atoms with E-state index in [1.54, 1.807) is 36.1 Å². The van der Waals surface area contributed by atoms with Crippen LogP contribution in [-0.2, 0) is 18.4 Å². The van der Waals surface area contributed by atoms with Crippen molar-refractivity contribution in [3.8, 4) is 5.75 Å². The summed E-state index contributed by atoms with van der Waals surface area (Å²) in [5.74, 6) is 0.893. The van der Waals surface area contributed by atoms with Gasteiger partial charge < -0.3 is 15.8 Å². The smallest absolute Gasteiger partial charge is 0.263 e. The molecule has 6 nitrogen and oxygen atoms in total. The molecule has 1 heterocycles. The molecule has 0 radical (unpaired) electrons. The van der Waals surface area contributed by atoms with E-state index < -0.39 is 0 Å². The average molecular weight is 260 g/mol. The number of hydrogen-bond acceptors (Lipinski definition) is 4. The second kappa shape index (κ2) is 6.01. The number of amides is 1. The molecule has 0 unspecified atom stereocenters. The van der Waals surface area contributed by atoms with Crippen LogP contribution in [0.25, 0.3) is 0 Å². The molecule has 0 aliphatic carbocycles. The quantitative estimate of drug-likeness (QED) is 0.836. The van der Waals surface area contributed by atoms with Gasteiger partial charge in [-0.3, -0.25) is 9.48 Å². The number of nitrogens with zero attached hydrogens (tertiary/aromatic N) is 2. The number of benzene rings is 1. The van der Waals surface area contributed by atoms with E-state index in [1.165, 1.54) is 0 Å². The van der Waals surface area contributed by atoms with Crippen LogP contribution in [-0.4, -0.2) is 22.3 Å². The van der Waals surface area contributed by atoms with Crippen molar-refractivity contribution in [3.05, 3.63) is 42.1 Å². The maximum Gasteiger partial charge on any atom is 0.263 e. The fourth-order valence-corrected chi connectivity index (χ4v) is 1.53. The van der Waals surface area contributed by atoms with Crippen LogP contribution >= 0.6 is 0 Å². The highest BCUT2D eigenvalue weighted by molar-refractivity contribution is 5.90. The Balaban J connectivity index is 1.82. The molecule has 2 rings (SSSR count). The Morgan fingerprint density at radius 3 is 2.68 bits per heavy atom. The van der Waals surface area contributed by atoms with E-state index in [9.17, 15) is 4.79 Å². The standard InChI is InChI=1S/C13H16N4O2/c1-17-7-6-12(16-17)15-13(18)9-19-11-4-2-10(8-14)3-5-11/h2-7H,8-9,14H2,1H3,(H,15,16,18). The van der Waals surface area contributed by atoms with Gasteiger partial charge in [0.25, 0.3) is 5.91 Å². The third kappa shape index (κ3) is 3.82. The van der Waals surface area contributed by atoms with Crippen molar-refractivity contribution < 1.29 is 9.53 Å². The van der Waals surface area contributed by atoms with Crippen LogP contribution in [0.2, 0.25) is 0 Å². The second-order valence-electron chi connectivity index (χ2n) is 4.06. The first-order valence-electron chi connectivity index (χ1n) is 5.88. The molecule has 0 spiro atoms. The number of rotatable bonds is 5. The lowest BCUT2D eigenvalue weighted by Crippen LogP contribution is -2.20. The van der Waals surface area contributed by atoms with Crippen LogP contribution in [0.4, 0.5) is 5.82 Å². The number of carbonyl (C=O) groups is 1. The normalized spacial score (nSPS) is 10.2. The number of nitrogens with one attached hydrogen (secondary N) is 1. The van der Waals surface area contributed by atoms with Crippen molar-refractivity contribution in [2.45, 2.75) is 6.54 Å². The number of hydrogen-bond donors (Lipinski definition) is 2. The third-order valence-electron chi connectivity index (χ3n) is 2.51. The number of carbonyl (C=O) groups excluding carboxylic acids is 1. The lowest BCUT2D eigenvalue weighted by molar-refractivity contribution is -0.118. The number of aryl methyl sites for hydroxylation is 1. The van der Waals surface area contributed by atoms with E-state index in [4.69, 9.17) is 10.5 Å². The summed E-state index contributed by atoms with van der Waals surface area (Å²) in [5, 5.41) is 6.68. The Morgan fingerprint density at radius 2 is 2.11 bits per heavy atom. The van der Waals surface area contributed by atoms with Crippen LogP contribution in [0, 0.1) is 0 Å². The molecule has 0 bridgehead atoms. The summed E-state index contributed by atoms with van der Waals surface area (Å²) in [7, 11) is 1.78. The number of aromatic nitrogens is 2. The monoisotopic (exact) mass is 260 g/mol. The number of nitrogens with two attached hydrogens (primary N) is 1. The van der Waals surface area contributed by atoms with E-state index in [1.807, 2.05) is 12.1 Å². The molecule has 6 heteroatoms.